The highest BCUT2D eigenvalue weighted by atomic mass is 16.3. The van der Waals surface area contributed by atoms with Gasteiger partial charge < -0.3 is 20.4 Å². The van der Waals surface area contributed by atoms with Crippen molar-refractivity contribution in [2.45, 2.75) is 18.2 Å². The molecule has 0 bridgehead atoms. The lowest BCUT2D eigenvalue weighted by molar-refractivity contribution is -0.133. The van der Waals surface area contributed by atoms with Gasteiger partial charge in [0.1, 0.15) is 12.1 Å². The van der Waals surface area contributed by atoms with Gasteiger partial charge in [-0.2, -0.15) is 0 Å². The van der Waals surface area contributed by atoms with E-state index in [9.17, 15) is 4.79 Å². The van der Waals surface area contributed by atoms with E-state index in [0.29, 0.717) is 0 Å². The fourth-order valence-electron chi connectivity index (χ4n) is 0.766. The van der Waals surface area contributed by atoms with Crippen LogP contribution in [-0.2, 0) is 4.79 Å². The zero-order chi connectivity index (χ0) is 11.1. The van der Waals surface area contributed by atoms with E-state index in [-0.39, 0.29) is 0 Å². The third-order valence-corrected chi connectivity index (χ3v) is 1.52. The Hall–Kier alpha value is -1.18. The molecule has 0 saturated heterocycles. The summed E-state index contributed by atoms with van der Waals surface area (Å²) in [6.45, 7) is -1.62. The van der Waals surface area contributed by atoms with Crippen LogP contribution in [0.15, 0.2) is 5.11 Å². The third kappa shape index (κ3) is 3.29. The van der Waals surface area contributed by atoms with Crippen molar-refractivity contribution in [1.29, 1.82) is 0 Å². The number of carbonyl (C=O) groups excluding carboxylic acids is 1. The number of hydrogen-bond acceptors (Lipinski definition) is 6. The minimum absolute atomic E-state index is 0.784. The molecule has 0 rings (SSSR count). The molecule has 0 amide bonds. The van der Waals surface area contributed by atoms with Crippen LogP contribution < -0.4 is 0 Å². The fraction of sp³-hybridized carbons (Fsp3) is 0.833. The minimum atomic E-state index is -1.73. The molecule has 0 aliphatic heterocycles. The van der Waals surface area contributed by atoms with Crippen molar-refractivity contribution in [3.8, 4) is 0 Å². The van der Waals surface area contributed by atoms with Crippen LogP contribution in [0.2, 0.25) is 0 Å². The Morgan fingerprint density at radius 1 is 1.36 bits per heavy atom. The largest absolute Gasteiger partial charge is 0.394 e. The second-order valence-corrected chi connectivity index (χ2v) is 2.50. The lowest BCUT2D eigenvalue weighted by Gasteiger charge is -2.16. The minimum Gasteiger partial charge on any atom is -0.394 e. The number of hydrogen-bond donors (Lipinski definition) is 4. The molecule has 3 atom stereocenters. The first kappa shape index (κ1) is 12.8. The Morgan fingerprint density at radius 2 is 1.93 bits per heavy atom. The van der Waals surface area contributed by atoms with E-state index in [1.54, 1.807) is 0 Å². The molecular formula is C6H11N3O5. The van der Waals surface area contributed by atoms with Gasteiger partial charge in [0.2, 0.25) is 0 Å². The van der Waals surface area contributed by atoms with Crippen LogP contribution in [0.5, 0.6) is 0 Å². The highest BCUT2D eigenvalue weighted by Crippen LogP contribution is 2.04. The van der Waals surface area contributed by atoms with Gasteiger partial charge in [-0.1, -0.05) is 5.11 Å². The van der Waals surface area contributed by atoms with Gasteiger partial charge in [0.15, 0.2) is 5.78 Å². The van der Waals surface area contributed by atoms with E-state index in [1.807, 2.05) is 0 Å². The van der Waals surface area contributed by atoms with Gasteiger partial charge in [0.05, 0.1) is 19.3 Å². The number of aliphatic hydroxyl groups excluding tert-OH is 4. The van der Waals surface area contributed by atoms with Crippen LogP contribution >= 0.6 is 0 Å². The van der Waals surface area contributed by atoms with Crippen LogP contribution in [0.25, 0.3) is 10.4 Å². The Kier molecular flexibility index (Phi) is 5.77. The molecule has 4 N–H and O–H groups in total. The van der Waals surface area contributed by atoms with Crippen molar-refractivity contribution in [2.75, 3.05) is 13.2 Å². The van der Waals surface area contributed by atoms with Crippen molar-refractivity contribution in [1.82, 2.24) is 0 Å². The van der Waals surface area contributed by atoms with E-state index in [4.69, 9.17) is 26.0 Å². The predicted molar refractivity (Wildman–Crippen MR) is 44.1 cm³/mol. The van der Waals surface area contributed by atoms with Crippen molar-refractivity contribution in [3.05, 3.63) is 10.4 Å². The Bertz CT molecular complexity index is 240. The predicted octanol–water partition coefficient (Wildman–Crippen LogP) is -2.06. The number of azide groups is 1. The van der Waals surface area contributed by atoms with E-state index in [0.717, 1.165) is 0 Å². The molecule has 8 nitrogen and oxygen atoms in total. The Morgan fingerprint density at radius 3 is 2.29 bits per heavy atom. The highest BCUT2D eigenvalue weighted by Gasteiger charge is 2.29. The maximum absolute atomic E-state index is 11.1. The smallest absolute Gasteiger partial charge is 0.175 e. The van der Waals surface area contributed by atoms with E-state index in [1.165, 1.54) is 0 Å². The summed E-state index contributed by atoms with van der Waals surface area (Å²) in [6.07, 6.45) is -3.31. The fourth-order valence-corrected chi connectivity index (χ4v) is 0.766. The summed E-state index contributed by atoms with van der Waals surface area (Å²) >= 11 is 0. The Balaban J connectivity index is 4.64. The maximum atomic E-state index is 11.1. The summed E-state index contributed by atoms with van der Waals surface area (Å²) < 4.78 is 0. The molecule has 0 spiro atoms. The lowest BCUT2D eigenvalue weighted by Crippen LogP contribution is -2.42. The normalized spacial score (nSPS) is 16.6. The average Bonchev–Trinajstić information content (AvgIpc) is 2.22. The van der Waals surface area contributed by atoms with Crippen LogP contribution in [0.3, 0.4) is 0 Å². The van der Waals surface area contributed by atoms with Crippen LogP contribution in [0.4, 0.5) is 0 Å². The van der Waals surface area contributed by atoms with E-state index in [2.05, 4.69) is 10.0 Å². The quantitative estimate of drug-likeness (QED) is 0.223. The number of carbonyl (C=O) groups is 1. The molecule has 0 fully saturated rings. The highest BCUT2D eigenvalue weighted by molar-refractivity contribution is 5.88. The standard InChI is InChI=1S/C6H11N3O5/c7-9-8-5(3(12)1-10)6(14)4(13)2-11/h3-5,10-13H,1-2H2/t3-,4+,5+/m1/s1. The molecule has 0 aromatic carbocycles. The SMILES string of the molecule is [N-]=[N+]=N[C@H](C(=O)[C@@H](O)CO)[C@H](O)CO. The second-order valence-electron chi connectivity index (χ2n) is 2.50. The molecule has 0 aromatic heterocycles. The maximum Gasteiger partial charge on any atom is 0.175 e. The summed E-state index contributed by atoms with van der Waals surface area (Å²) in [4.78, 5) is 13.4. The topological polar surface area (TPSA) is 147 Å². The molecule has 80 valence electrons. The zero-order valence-electron chi connectivity index (χ0n) is 7.19. The van der Waals surface area contributed by atoms with Crippen molar-refractivity contribution >= 4 is 5.78 Å². The summed E-state index contributed by atoms with van der Waals surface area (Å²) in [7, 11) is 0. The third-order valence-electron chi connectivity index (χ3n) is 1.52. The van der Waals surface area contributed by atoms with Gasteiger partial charge in [-0.25, -0.2) is 0 Å². The van der Waals surface area contributed by atoms with Gasteiger partial charge in [-0.15, -0.1) is 0 Å². The average molecular weight is 205 g/mol. The van der Waals surface area contributed by atoms with Gasteiger partial charge in [0, 0.05) is 4.91 Å². The van der Waals surface area contributed by atoms with Crippen molar-refractivity contribution < 1.29 is 25.2 Å². The summed E-state index contributed by atoms with van der Waals surface area (Å²) in [5.41, 5.74) is 8.05. The summed E-state index contributed by atoms with van der Waals surface area (Å²) in [5.74, 6) is -1.04. The molecule has 0 aliphatic carbocycles. The van der Waals surface area contributed by atoms with Crippen molar-refractivity contribution in [2.24, 2.45) is 5.11 Å². The van der Waals surface area contributed by atoms with E-state index < -0.39 is 37.2 Å². The first-order valence-corrected chi connectivity index (χ1v) is 3.74. The zero-order valence-corrected chi connectivity index (χ0v) is 7.19. The van der Waals surface area contributed by atoms with Gasteiger partial charge in [-0.3, -0.25) is 4.79 Å². The first-order chi connectivity index (χ1) is 6.58. The van der Waals surface area contributed by atoms with Gasteiger partial charge >= 0.3 is 0 Å². The lowest BCUT2D eigenvalue weighted by atomic mass is 10.0. The second kappa shape index (κ2) is 6.30. The number of Topliss-reactive ketones (excluding diaryl/α,β-unsaturated/α-hetero) is 1. The van der Waals surface area contributed by atoms with Crippen LogP contribution in [0.1, 0.15) is 0 Å². The number of ketones is 1. The number of nitrogens with zero attached hydrogens (tertiary/aromatic N) is 3. The number of aliphatic hydroxyl groups is 4. The van der Waals surface area contributed by atoms with Crippen molar-refractivity contribution in [3.63, 3.8) is 0 Å². The molecule has 14 heavy (non-hydrogen) atoms. The first-order valence-electron chi connectivity index (χ1n) is 3.74. The summed E-state index contributed by atoms with van der Waals surface area (Å²) in [5, 5.41) is 37.8. The van der Waals surface area contributed by atoms with Gasteiger partial charge in [0.25, 0.3) is 0 Å². The Labute approximate surface area is 79.0 Å². The van der Waals surface area contributed by atoms with Gasteiger partial charge in [-0.05, 0) is 5.53 Å². The molecule has 0 aliphatic rings. The molecular weight excluding hydrogens is 194 g/mol. The molecule has 8 heteroatoms. The molecule has 0 heterocycles. The molecule has 0 radical (unpaired) electrons. The molecule has 0 aromatic rings. The monoisotopic (exact) mass is 205 g/mol. The summed E-state index contributed by atoms with van der Waals surface area (Å²) in [6, 6.07) is -1.59. The molecule has 0 saturated carbocycles. The van der Waals surface area contributed by atoms with Crippen LogP contribution in [-0.4, -0.2) is 57.7 Å². The van der Waals surface area contributed by atoms with Crippen LogP contribution in [0, 0.1) is 0 Å². The van der Waals surface area contributed by atoms with E-state index >= 15 is 0 Å². The number of rotatable bonds is 6. The molecule has 0 unspecified atom stereocenters.